The molecule has 3 amide bonds. The van der Waals surface area contributed by atoms with Crippen molar-refractivity contribution < 1.29 is 23.5 Å². The number of nitrogens with zero attached hydrogens (tertiary/aromatic N) is 1. The van der Waals surface area contributed by atoms with Crippen molar-refractivity contribution in [1.82, 2.24) is 10.2 Å². The van der Waals surface area contributed by atoms with Gasteiger partial charge in [0.25, 0.3) is 5.91 Å². The number of hydrogen-bond donors (Lipinski definition) is 2. The number of carbonyl (C=O) groups is 2. The number of β-amino-alcohol motifs (C(OH)–C–C–N with tert-alkyl or cyclic N) is 1. The number of amides is 3. The van der Waals surface area contributed by atoms with E-state index in [2.05, 4.69) is 5.32 Å². The Bertz CT molecular complexity index is 602. The lowest BCUT2D eigenvalue weighted by molar-refractivity contribution is -0.132. The topological polar surface area (TPSA) is 69.6 Å². The second-order valence-corrected chi connectivity index (χ2v) is 5.32. The number of aliphatic hydroxyl groups excluding tert-OH is 1. The molecule has 5 nitrogen and oxygen atoms in total. The molecule has 0 aromatic heterocycles. The molecule has 0 spiro atoms. The van der Waals surface area contributed by atoms with Crippen molar-refractivity contribution in [3.8, 4) is 0 Å². The van der Waals surface area contributed by atoms with Gasteiger partial charge in [-0.05, 0) is 30.5 Å². The maximum Gasteiger partial charge on any atom is 0.325 e. The predicted molar refractivity (Wildman–Crippen MR) is 74.9 cm³/mol. The van der Waals surface area contributed by atoms with Crippen molar-refractivity contribution >= 4 is 11.9 Å². The van der Waals surface area contributed by atoms with Gasteiger partial charge in [-0.15, -0.1) is 0 Å². The predicted octanol–water partition coefficient (Wildman–Crippen LogP) is 2.11. The highest BCUT2D eigenvalue weighted by atomic mass is 19.2. The molecule has 2 rings (SSSR count). The van der Waals surface area contributed by atoms with E-state index in [0.717, 1.165) is 17.0 Å². The lowest BCUT2D eigenvalue weighted by atomic mass is 9.93. The molecule has 22 heavy (non-hydrogen) atoms. The van der Waals surface area contributed by atoms with Gasteiger partial charge in [-0.2, -0.15) is 0 Å². The molecule has 1 atom stereocenters. The van der Waals surface area contributed by atoms with E-state index in [-0.39, 0.29) is 12.1 Å². The Labute approximate surface area is 126 Å². The third-order valence-corrected chi connectivity index (χ3v) is 4.14. The number of aliphatic hydroxyl groups is 1. The zero-order valence-electron chi connectivity index (χ0n) is 12.4. The molecule has 0 aliphatic carbocycles. The molecule has 1 heterocycles. The zero-order chi connectivity index (χ0) is 16.5. The Morgan fingerprint density at radius 2 is 1.86 bits per heavy atom. The molecule has 1 aromatic carbocycles. The number of urea groups is 1. The summed E-state index contributed by atoms with van der Waals surface area (Å²) < 4.78 is 26.1. The summed E-state index contributed by atoms with van der Waals surface area (Å²) in [6.45, 7) is 3.27. The van der Waals surface area contributed by atoms with Crippen LogP contribution in [0.25, 0.3) is 0 Å². The van der Waals surface area contributed by atoms with Gasteiger partial charge in [0, 0.05) is 0 Å². The van der Waals surface area contributed by atoms with E-state index in [9.17, 15) is 23.5 Å². The van der Waals surface area contributed by atoms with Gasteiger partial charge in [0.2, 0.25) is 0 Å². The first kappa shape index (κ1) is 16.4. The Morgan fingerprint density at radius 1 is 1.23 bits per heavy atom. The van der Waals surface area contributed by atoms with Crippen molar-refractivity contribution in [2.24, 2.45) is 0 Å². The SMILES string of the molecule is CCC1(CC)NC(=O)N(CC(O)c2ccc(F)c(F)c2)C1=O. The molecule has 0 bridgehead atoms. The number of carbonyl (C=O) groups excluding carboxylic acids is 2. The number of imide groups is 1. The fourth-order valence-corrected chi connectivity index (χ4v) is 2.57. The second kappa shape index (κ2) is 6.00. The molecule has 1 aromatic rings. The van der Waals surface area contributed by atoms with Crippen LogP contribution in [0.4, 0.5) is 13.6 Å². The van der Waals surface area contributed by atoms with Crippen LogP contribution in [0.3, 0.4) is 0 Å². The number of nitrogens with one attached hydrogen (secondary N) is 1. The lowest BCUT2D eigenvalue weighted by Crippen LogP contribution is -2.46. The van der Waals surface area contributed by atoms with Gasteiger partial charge in [-0.1, -0.05) is 19.9 Å². The van der Waals surface area contributed by atoms with Crippen LogP contribution >= 0.6 is 0 Å². The summed E-state index contributed by atoms with van der Waals surface area (Å²) in [5, 5.41) is 12.7. The Hall–Kier alpha value is -2.02. The summed E-state index contributed by atoms with van der Waals surface area (Å²) in [4.78, 5) is 25.3. The van der Waals surface area contributed by atoms with Crippen LogP contribution in [0.2, 0.25) is 0 Å². The molecule has 0 saturated carbocycles. The van der Waals surface area contributed by atoms with Gasteiger partial charge in [-0.3, -0.25) is 9.69 Å². The van der Waals surface area contributed by atoms with Gasteiger partial charge < -0.3 is 10.4 Å². The summed E-state index contributed by atoms with van der Waals surface area (Å²) in [6, 6.07) is 2.37. The van der Waals surface area contributed by atoms with Gasteiger partial charge in [0.05, 0.1) is 12.6 Å². The van der Waals surface area contributed by atoms with Gasteiger partial charge in [-0.25, -0.2) is 13.6 Å². The average Bonchev–Trinajstić information content (AvgIpc) is 2.74. The van der Waals surface area contributed by atoms with Crippen LogP contribution in [0, 0.1) is 11.6 Å². The molecule has 7 heteroatoms. The zero-order valence-corrected chi connectivity index (χ0v) is 12.4. The molecule has 1 aliphatic heterocycles. The van der Waals surface area contributed by atoms with E-state index >= 15 is 0 Å². The van der Waals surface area contributed by atoms with Crippen molar-refractivity contribution in [3.63, 3.8) is 0 Å². The Balaban J connectivity index is 2.17. The monoisotopic (exact) mass is 312 g/mol. The van der Waals surface area contributed by atoms with E-state index in [1.165, 1.54) is 6.07 Å². The second-order valence-electron chi connectivity index (χ2n) is 5.32. The third kappa shape index (κ3) is 2.68. The highest BCUT2D eigenvalue weighted by molar-refractivity contribution is 6.07. The molecule has 1 aliphatic rings. The summed E-state index contributed by atoms with van der Waals surface area (Å²) in [6.07, 6.45) is -0.410. The van der Waals surface area contributed by atoms with E-state index in [1.807, 2.05) is 0 Å². The van der Waals surface area contributed by atoms with Crippen molar-refractivity contribution in [2.45, 2.75) is 38.3 Å². The minimum absolute atomic E-state index is 0.102. The fraction of sp³-hybridized carbons (Fsp3) is 0.467. The normalized spacial score (nSPS) is 18.5. The number of hydrogen-bond acceptors (Lipinski definition) is 3. The molecule has 1 saturated heterocycles. The summed E-state index contributed by atoms with van der Waals surface area (Å²) in [7, 11) is 0. The van der Waals surface area contributed by atoms with Crippen molar-refractivity contribution in [3.05, 3.63) is 35.4 Å². The van der Waals surface area contributed by atoms with Gasteiger partial charge in [0.1, 0.15) is 5.54 Å². The Kier molecular flexibility index (Phi) is 4.46. The highest BCUT2D eigenvalue weighted by Gasteiger charge is 2.49. The number of benzene rings is 1. The van der Waals surface area contributed by atoms with Gasteiger partial charge >= 0.3 is 6.03 Å². The standard InChI is InChI=1S/C15H18F2N2O3/c1-3-15(4-2)13(21)19(14(22)18-15)8-12(20)9-5-6-10(16)11(17)7-9/h5-7,12,20H,3-4,8H2,1-2H3,(H,18,22). The van der Waals surface area contributed by atoms with Crippen LogP contribution in [0.15, 0.2) is 18.2 Å². The molecule has 2 N–H and O–H groups in total. The minimum Gasteiger partial charge on any atom is -0.387 e. The molecule has 1 unspecified atom stereocenters. The molecule has 120 valence electrons. The van der Waals surface area contributed by atoms with E-state index in [4.69, 9.17) is 0 Å². The minimum atomic E-state index is -1.28. The van der Waals surface area contributed by atoms with E-state index < -0.39 is 35.2 Å². The Morgan fingerprint density at radius 3 is 2.36 bits per heavy atom. The first-order valence-corrected chi connectivity index (χ1v) is 7.11. The molecular formula is C15H18F2N2O3. The van der Waals surface area contributed by atoms with Crippen molar-refractivity contribution in [2.75, 3.05) is 6.54 Å². The van der Waals surface area contributed by atoms with E-state index in [0.29, 0.717) is 12.8 Å². The van der Waals surface area contributed by atoms with Crippen LogP contribution < -0.4 is 5.32 Å². The first-order chi connectivity index (χ1) is 10.3. The maximum absolute atomic E-state index is 13.2. The average molecular weight is 312 g/mol. The number of rotatable bonds is 5. The van der Waals surface area contributed by atoms with E-state index in [1.54, 1.807) is 13.8 Å². The summed E-state index contributed by atoms with van der Waals surface area (Å²) >= 11 is 0. The number of halogens is 2. The smallest absolute Gasteiger partial charge is 0.325 e. The van der Waals surface area contributed by atoms with Gasteiger partial charge in [0.15, 0.2) is 11.6 Å². The first-order valence-electron chi connectivity index (χ1n) is 7.11. The summed E-state index contributed by atoms with van der Waals surface area (Å²) in [5.41, 5.74) is -0.852. The van der Waals surface area contributed by atoms with Crippen LogP contribution in [0.1, 0.15) is 38.4 Å². The summed E-state index contributed by atoms with van der Waals surface area (Å²) in [5.74, 6) is -2.53. The maximum atomic E-state index is 13.2. The van der Waals surface area contributed by atoms with Crippen LogP contribution in [-0.2, 0) is 4.79 Å². The molecule has 1 fully saturated rings. The molecular weight excluding hydrogens is 294 g/mol. The van der Waals surface area contributed by atoms with Crippen molar-refractivity contribution in [1.29, 1.82) is 0 Å². The lowest BCUT2D eigenvalue weighted by Gasteiger charge is -2.24. The van der Waals surface area contributed by atoms with Crippen LogP contribution in [0.5, 0.6) is 0 Å². The highest BCUT2D eigenvalue weighted by Crippen LogP contribution is 2.27. The largest absolute Gasteiger partial charge is 0.387 e. The molecule has 0 radical (unpaired) electrons. The fourth-order valence-electron chi connectivity index (χ4n) is 2.57. The third-order valence-electron chi connectivity index (χ3n) is 4.14. The van der Waals surface area contributed by atoms with Crippen LogP contribution in [-0.4, -0.2) is 34.0 Å². The quantitative estimate of drug-likeness (QED) is 0.818.